The lowest BCUT2D eigenvalue weighted by atomic mass is 10.0. The molecule has 1 saturated heterocycles. The van der Waals surface area contributed by atoms with Crippen molar-refractivity contribution in [2.75, 3.05) is 6.54 Å². The van der Waals surface area contributed by atoms with E-state index in [2.05, 4.69) is 15.5 Å². The topological polar surface area (TPSA) is 40.7 Å². The first-order chi connectivity index (χ1) is 8.36. The maximum absolute atomic E-state index is 6.23. The zero-order chi connectivity index (χ0) is 11.7. The Morgan fingerprint density at radius 3 is 2.88 bits per heavy atom. The maximum atomic E-state index is 6.23. The standard InChI is InChI=1S/C13H14ClN3/c14-11-5-2-1-4-9(11)10-8-16-17-13(10)12-6-3-7-15-12/h1-2,4-5,8,12,15H,3,6-7H2,(H,16,17). The predicted molar refractivity (Wildman–Crippen MR) is 69.0 cm³/mol. The normalized spacial score (nSPS) is 19.7. The Morgan fingerprint density at radius 2 is 2.12 bits per heavy atom. The van der Waals surface area contributed by atoms with Crippen LogP contribution in [0, 0.1) is 0 Å². The van der Waals surface area contributed by atoms with Gasteiger partial charge in [-0.1, -0.05) is 29.8 Å². The zero-order valence-electron chi connectivity index (χ0n) is 9.41. The minimum Gasteiger partial charge on any atom is -0.309 e. The van der Waals surface area contributed by atoms with Crippen LogP contribution in [0.4, 0.5) is 0 Å². The van der Waals surface area contributed by atoms with Gasteiger partial charge in [-0.15, -0.1) is 0 Å². The summed E-state index contributed by atoms with van der Waals surface area (Å²) in [4.78, 5) is 0. The minimum absolute atomic E-state index is 0.378. The number of nitrogens with one attached hydrogen (secondary N) is 2. The Hall–Kier alpha value is -1.32. The largest absolute Gasteiger partial charge is 0.309 e. The van der Waals surface area contributed by atoms with E-state index in [0.717, 1.165) is 34.8 Å². The molecule has 0 saturated carbocycles. The molecule has 0 radical (unpaired) electrons. The van der Waals surface area contributed by atoms with Gasteiger partial charge in [-0.25, -0.2) is 0 Å². The molecule has 2 heterocycles. The molecule has 1 atom stereocenters. The smallest absolute Gasteiger partial charge is 0.0600 e. The summed E-state index contributed by atoms with van der Waals surface area (Å²) in [5, 5.41) is 11.5. The highest BCUT2D eigenvalue weighted by atomic mass is 35.5. The number of nitrogens with zero attached hydrogens (tertiary/aromatic N) is 1. The quantitative estimate of drug-likeness (QED) is 0.856. The molecule has 88 valence electrons. The van der Waals surface area contributed by atoms with Crippen molar-refractivity contribution in [2.45, 2.75) is 18.9 Å². The molecule has 3 nitrogen and oxygen atoms in total. The SMILES string of the molecule is Clc1ccccc1-c1cn[nH]c1C1CCCN1. The molecule has 4 heteroatoms. The van der Waals surface area contributed by atoms with E-state index in [9.17, 15) is 0 Å². The van der Waals surface area contributed by atoms with Crippen molar-refractivity contribution in [3.8, 4) is 11.1 Å². The third kappa shape index (κ3) is 1.96. The molecule has 0 aliphatic carbocycles. The Bertz CT molecular complexity index is 515. The van der Waals surface area contributed by atoms with Gasteiger partial charge in [-0.3, -0.25) is 5.10 Å². The number of hydrogen-bond acceptors (Lipinski definition) is 2. The molecule has 1 aliphatic heterocycles. The van der Waals surface area contributed by atoms with Crippen molar-refractivity contribution in [1.29, 1.82) is 0 Å². The van der Waals surface area contributed by atoms with Gasteiger partial charge in [0, 0.05) is 22.2 Å². The highest BCUT2D eigenvalue weighted by Crippen LogP contribution is 2.34. The van der Waals surface area contributed by atoms with E-state index in [0.29, 0.717) is 6.04 Å². The molecule has 1 aliphatic rings. The molecule has 0 bridgehead atoms. The summed E-state index contributed by atoms with van der Waals surface area (Å²) in [6, 6.07) is 8.27. The van der Waals surface area contributed by atoms with Crippen LogP contribution in [0.15, 0.2) is 30.5 Å². The Kier molecular flexibility index (Phi) is 2.87. The second-order valence-electron chi connectivity index (χ2n) is 4.33. The van der Waals surface area contributed by atoms with Crippen molar-refractivity contribution in [2.24, 2.45) is 0 Å². The van der Waals surface area contributed by atoms with Crippen LogP contribution in [0.1, 0.15) is 24.6 Å². The van der Waals surface area contributed by atoms with Gasteiger partial charge in [0.2, 0.25) is 0 Å². The Balaban J connectivity index is 2.04. The Labute approximate surface area is 105 Å². The summed E-state index contributed by atoms with van der Waals surface area (Å²) in [5.41, 5.74) is 3.30. The molecular formula is C13H14ClN3. The molecule has 1 aromatic carbocycles. The Morgan fingerprint density at radius 1 is 1.24 bits per heavy atom. The first-order valence-electron chi connectivity index (χ1n) is 5.88. The average Bonchev–Trinajstić information content (AvgIpc) is 3.00. The van der Waals surface area contributed by atoms with Crippen LogP contribution < -0.4 is 5.32 Å². The second-order valence-corrected chi connectivity index (χ2v) is 4.73. The van der Waals surface area contributed by atoms with Crippen LogP contribution in [-0.2, 0) is 0 Å². The summed E-state index contributed by atoms with van der Waals surface area (Å²) in [6.45, 7) is 1.08. The molecule has 2 aromatic rings. The monoisotopic (exact) mass is 247 g/mol. The minimum atomic E-state index is 0.378. The average molecular weight is 248 g/mol. The number of aromatic nitrogens is 2. The lowest BCUT2D eigenvalue weighted by Gasteiger charge is -2.11. The number of benzene rings is 1. The third-order valence-electron chi connectivity index (χ3n) is 3.24. The first-order valence-corrected chi connectivity index (χ1v) is 6.25. The van der Waals surface area contributed by atoms with E-state index in [-0.39, 0.29) is 0 Å². The van der Waals surface area contributed by atoms with Gasteiger partial charge >= 0.3 is 0 Å². The van der Waals surface area contributed by atoms with Crippen LogP contribution >= 0.6 is 11.6 Å². The second kappa shape index (κ2) is 4.51. The fourth-order valence-corrected chi connectivity index (χ4v) is 2.62. The van der Waals surface area contributed by atoms with Gasteiger partial charge in [0.05, 0.1) is 11.9 Å². The van der Waals surface area contributed by atoms with Gasteiger partial charge in [0.1, 0.15) is 0 Å². The molecule has 1 fully saturated rings. The van der Waals surface area contributed by atoms with E-state index in [4.69, 9.17) is 11.6 Å². The van der Waals surface area contributed by atoms with Crippen molar-refractivity contribution >= 4 is 11.6 Å². The van der Waals surface area contributed by atoms with Gasteiger partial charge in [-0.2, -0.15) is 5.10 Å². The number of aromatic amines is 1. The summed E-state index contributed by atoms with van der Waals surface area (Å²) in [5.74, 6) is 0. The predicted octanol–water partition coefficient (Wildman–Crippen LogP) is 3.15. The summed E-state index contributed by atoms with van der Waals surface area (Å²) in [7, 11) is 0. The molecule has 2 N–H and O–H groups in total. The van der Waals surface area contributed by atoms with Crippen LogP contribution in [0.3, 0.4) is 0 Å². The van der Waals surface area contributed by atoms with E-state index in [1.165, 1.54) is 6.42 Å². The van der Waals surface area contributed by atoms with Gasteiger partial charge < -0.3 is 5.32 Å². The summed E-state index contributed by atoms with van der Waals surface area (Å²) < 4.78 is 0. The van der Waals surface area contributed by atoms with Crippen LogP contribution in [0.2, 0.25) is 5.02 Å². The number of rotatable bonds is 2. The molecule has 1 aromatic heterocycles. The molecule has 17 heavy (non-hydrogen) atoms. The number of halogens is 1. The zero-order valence-corrected chi connectivity index (χ0v) is 10.2. The summed E-state index contributed by atoms with van der Waals surface area (Å²) in [6.07, 6.45) is 4.22. The molecular weight excluding hydrogens is 234 g/mol. The summed E-state index contributed by atoms with van der Waals surface area (Å²) >= 11 is 6.23. The maximum Gasteiger partial charge on any atom is 0.0600 e. The number of H-pyrrole nitrogens is 1. The van der Waals surface area contributed by atoms with Crippen LogP contribution in [-0.4, -0.2) is 16.7 Å². The highest BCUT2D eigenvalue weighted by Gasteiger charge is 2.22. The van der Waals surface area contributed by atoms with Crippen molar-refractivity contribution in [3.05, 3.63) is 41.2 Å². The first kappa shape index (κ1) is 10.8. The third-order valence-corrected chi connectivity index (χ3v) is 3.57. The highest BCUT2D eigenvalue weighted by molar-refractivity contribution is 6.33. The van der Waals surface area contributed by atoms with Crippen molar-refractivity contribution in [1.82, 2.24) is 15.5 Å². The van der Waals surface area contributed by atoms with Crippen molar-refractivity contribution in [3.63, 3.8) is 0 Å². The van der Waals surface area contributed by atoms with Gasteiger partial charge in [-0.05, 0) is 25.5 Å². The van der Waals surface area contributed by atoms with Crippen LogP contribution in [0.25, 0.3) is 11.1 Å². The lowest BCUT2D eigenvalue weighted by Crippen LogP contribution is -2.14. The van der Waals surface area contributed by atoms with E-state index in [1.807, 2.05) is 30.5 Å². The molecule has 0 spiro atoms. The van der Waals surface area contributed by atoms with Crippen molar-refractivity contribution < 1.29 is 0 Å². The fourth-order valence-electron chi connectivity index (χ4n) is 2.39. The van der Waals surface area contributed by atoms with E-state index >= 15 is 0 Å². The van der Waals surface area contributed by atoms with Crippen LogP contribution in [0.5, 0.6) is 0 Å². The molecule has 3 rings (SSSR count). The van der Waals surface area contributed by atoms with Gasteiger partial charge in [0.15, 0.2) is 0 Å². The number of hydrogen-bond donors (Lipinski definition) is 2. The molecule has 0 amide bonds. The fraction of sp³-hybridized carbons (Fsp3) is 0.308. The lowest BCUT2D eigenvalue weighted by molar-refractivity contribution is 0.626. The van der Waals surface area contributed by atoms with Gasteiger partial charge in [0.25, 0.3) is 0 Å². The molecule has 1 unspecified atom stereocenters. The van der Waals surface area contributed by atoms with E-state index < -0.39 is 0 Å². The van der Waals surface area contributed by atoms with E-state index in [1.54, 1.807) is 0 Å².